The van der Waals surface area contributed by atoms with E-state index in [9.17, 15) is 13.2 Å². The topological polar surface area (TPSA) is 107 Å². The molecule has 0 aliphatic rings. The Kier molecular flexibility index (Phi) is 9.61. The minimum absolute atomic E-state index is 0.0656. The normalized spacial score (nSPS) is 13.4. The zero-order chi connectivity index (χ0) is 26.3. The van der Waals surface area contributed by atoms with Crippen LogP contribution in [0, 0.1) is 12.8 Å². The van der Waals surface area contributed by atoms with Crippen LogP contribution in [0.2, 0.25) is 0 Å². The lowest BCUT2D eigenvalue weighted by Crippen LogP contribution is -2.44. The van der Waals surface area contributed by atoms with Crippen molar-refractivity contribution in [1.29, 1.82) is 0 Å². The summed E-state index contributed by atoms with van der Waals surface area (Å²) in [6.45, 7) is 8.18. The second-order valence-electron chi connectivity index (χ2n) is 9.05. The first-order valence-electron chi connectivity index (χ1n) is 11.7. The van der Waals surface area contributed by atoms with Gasteiger partial charge in [-0.2, -0.15) is 4.72 Å². The van der Waals surface area contributed by atoms with Gasteiger partial charge in [0.2, 0.25) is 15.9 Å². The van der Waals surface area contributed by atoms with Crippen molar-refractivity contribution in [2.75, 3.05) is 19.0 Å². The van der Waals surface area contributed by atoms with Gasteiger partial charge < -0.3 is 14.8 Å². The molecule has 2 N–H and O–H groups in total. The van der Waals surface area contributed by atoms with Gasteiger partial charge in [0.1, 0.15) is 17.9 Å². The summed E-state index contributed by atoms with van der Waals surface area (Å²) < 4.78 is 39.2. The molecule has 10 heteroatoms. The first-order chi connectivity index (χ1) is 17.1. The Morgan fingerprint density at radius 3 is 2.33 bits per heavy atom. The lowest BCUT2D eigenvalue weighted by Gasteiger charge is -2.19. The smallest absolute Gasteiger partial charge is 0.244 e. The number of carbonyl (C=O) groups is 1. The number of rotatable bonds is 12. The Balaban J connectivity index is 1.69. The van der Waals surface area contributed by atoms with Gasteiger partial charge in [0.25, 0.3) is 0 Å². The van der Waals surface area contributed by atoms with Crippen molar-refractivity contribution in [2.45, 2.75) is 51.2 Å². The van der Waals surface area contributed by atoms with Gasteiger partial charge in [-0.15, -0.1) is 11.3 Å². The van der Waals surface area contributed by atoms with E-state index in [0.29, 0.717) is 23.9 Å². The van der Waals surface area contributed by atoms with Gasteiger partial charge in [0.15, 0.2) is 5.13 Å². The molecule has 1 aromatic heterocycles. The molecule has 3 rings (SSSR count). The SMILES string of the molecule is COC[C@H](C)Oc1ccc(-c2csc(NC(=O)C(CC(C)C)NS(=O)(=O)c3ccc(C)cc3)n2)cc1. The molecule has 8 nitrogen and oxygen atoms in total. The standard InChI is InChI=1S/C26H33N3O5S2/c1-17(2)14-23(29-36(31,32)22-12-6-18(3)7-13-22)25(30)28-26-27-24(16-35-26)20-8-10-21(11-9-20)34-19(4)15-33-5/h6-13,16-17,19,23,29H,14-15H2,1-5H3,(H,27,28,30)/t19-,23?/m0/s1. The van der Waals surface area contributed by atoms with Crippen LogP contribution in [-0.4, -0.2) is 45.2 Å². The number of sulfonamides is 1. The van der Waals surface area contributed by atoms with E-state index < -0.39 is 22.0 Å². The fraction of sp³-hybridized carbons (Fsp3) is 0.385. The van der Waals surface area contributed by atoms with E-state index in [2.05, 4.69) is 15.0 Å². The average Bonchev–Trinajstić information content (AvgIpc) is 3.27. The number of nitrogens with zero attached hydrogens (tertiary/aromatic N) is 1. The number of hydrogen-bond donors (Lipinski definition) is 2. The van der Waals surface area contributed by atoms with Gasteiger partial charge in [-0.05, 0) is 62.6 Å². The molecule has 0 saturated carbocycles. The number of methoxy groups -OCH3 is 1. The molecule has 1 amide bonds. The highest BCUT2D eigenvalue weighted by Crippen LogP contribution is 2.27. The van der Waals surface area contributed by atoms with Crippen LogP contribution in [-0.2, 0) is 19.6 Å². The van der Waals surface area contributed by atoms with Crippen molar-refractivity contribution in [3.8, 4) is 17.0 Å². The van der Waals surface area contributed by atoms with E-state index >= 15 is 0 Å². The minimum atomic E-state index is -3.86. The molecular formula is C26H33N3O5S2. The number of amides is 1. The van der Waals surface area contributed by atoms with E-state index in [1.54, 1.807) is 19.2 Å². The number of benzene rings is 2. The summed E-state index contributed by atoms with van der Waals surface area (Å²) in [5.41, 5.74) is 2.53. The number of thiazole rings is 1. The highest BCUT2D eigenvalue weighted by molar-refractivity contribution is 7.89. The number of aryl methyl sites for hydroxylation is 1. The fourth-order valence-corrected chi connectivity index (χ4v) is 5.45. The first kappa shape index (κ1) is 27.8. The summed E-state index contributed by atoms with van der Waals surface area (Å²) in [5, 5.41) is 5.01. The van der Waals surface area contributed by atoms with Crippen molar-refractivity contribution < 1.29 is 22.7 Å². The third-order valence-electron chi connectivity index (χ3n) is 5.28. The molecule has 2 aromatic carbocycles. The molecule has 1 heterocycles. The predicted molar refractivity (Wildman–Crippen MR) is 143 cm³/mol. The van der Waals surface area contributed by atoms with Crippen molar-refractivity contribution in [3.05, 3.63) is 59.5 Å². The summed E-state index contributed by atoms with van der Waals surface area (Å²) in [6.07, 6.45) is 0.280. The van der Waals surface area contributed by atoms with E-state index in [4.69, 9.17) is 9.47 Å². The van der Waals surface area contributed by atoms with E-state index in [1.165, 1.54) is 23.5 Å². The van der Waals surface area contributed by atoms with Crippen molar-refractivity contribution in [1.82, 2.24) is 9.71 Å². The highest BCUT2D eigenvalue weighted by Gasteiger charge is 2.27. The van der Waals surface area contributed by atoms with Crippen LogP contribution in [0.5, 0.6) is 5.75 Å². The van der Waals surface area contributed by atoms with E-state index in [1.807, 2.05) is 57.3 Å². The number of carbonyl (C=O) groups excluding carboxylic acids is 1. The predicted octanol–water partition coefficient (Wildman–Crippen LogP) is 4.86. The molecule has 1 unspecified atom stereocenters. The lowest BCUT2D eigenvalue weighted by atomic mass is 10.0. The Bertz CT molecular complexity index is 1240. The number of ether oxygens (including phenoxy) is 2. The number of anilines is 1. The lowest BCUT2D eigenvalue weighted by molar-refractivity contribution is -0.118. The molecular weight excluding hydrogens is 498 g/mol. The third-order valence-corrected chi connectivity index (χ3v) is 7.52. The van der Waals surface area contributed by atoms with Crippen molar-refractivity contribution >= 4 is 32.4 Å². The van der Waals surface area contributed by atoms with E-state index in [0.717, 1.165) is 16.9 Å². The zero-order valence-corrected chi connectivity index (χ0v) is 22.8. The van der Waals surface area contributed by atoms with Crippen LogP contribution in [0.15, 0.2) is 58.8 Å². The maximum atomic E-state index is 13.1. The minimum Gasteiger partial charge on any atom is -0.488 e. The average molecular weight is 532 g/mol. The van der Waals surface area contributed by atoms with Gasteiger partial charge in [0, 0.05) is 18.1 Å². The molecule has 0 saturated heterocycles. The van der Waals surface area contributed by atoms with Gasteiger partial charge in [-0.3, -0.25) is 4.79 Å². The quantitative estimate of drug-likeness (QED) is 0.346. The first-order valence-corrected chi connectivity index (χ1v) is 14.0. The van der Waals surface area contributed by atoms with Crippen LogP contribution < -0.4 is 14.8 Å². The molecule has 3 aromatic rings. The van der Waals surface area contributed by atoms with Gasteiger partial charge in [-0.1, -0.05) is 31.5 Å². The molecule has 2 atom stereocenters. The molecule has 0 spiro atoms. The van der Waals surface area contributed by atoms with Crippen LogP contribution >= 0.6 is 11.3 Å². The second-order valence-corrected chi connectivity index (χ2v) is 11.6. The Morgan fingerprint density at radius 1 is 1.06 bits per heavy atom. The third kappa shape index (κ3) is 7.86. The highest BCUT2D eigenvalue weighted by atomic mass is 32.2. The Labute approximate surface area is 217 Å². The van der Waals surface area contributed by atoms with Crippen LogP contribution in [0.3, 0.4) is 0 Å². The van der Waals surface area contributed by atoms with Gasteiger partial charge in [0.05, 0.1) is 17.2 Å². The summed E-state index contributed by atoms with van der Waals surface area (Å²) in [6, 6.07) is 13.1. The maximum absolute atomic E-state index is 13.1. The summed E-state index contributed by atoms with van der Waals surface area (Å²) in [5.74, 6) is 0.376. The van der Waals surface area contributed by atoms with Crippen molar-refractivity contribution in [3.63, 3.8) is 0 Å². The van der Waals surface area contributed by atoms with E-state index in [-0.39, 0.29) is 16.9 Å². The summed E-state index contributed by atoms with van der Waals surface area (Å²) in [7, 11) is -2.23. The van der Waals surface area contributed by atoms with Crippen LogP contribution in [0.25, 0.3) is 11.3 Å². The number of aromatic nitrogens is 1. The second kappa shape index (κ2) is 12.4. The Hall–Kier alpha value is -2.79. The number of nitrogens with one attached hydrogen (secondary N) is 2. The maximum Gasteiger partial charge on any atom is 0.244 e. The number of hydrogen-bond acceptors (Lipinski definition) is 7. The van der Waals surface area contributed by atoms with Crippen LogP contribution in [0.1, 0.15) is 32.8 Å². The van der Waals surface area contributed by atoms with Gasteiger partial charge in [-0.25, -0.2) is 13.4 Å². The molecule has 36 heavy (non-hydrogen) atoms. The van der Waals surface area contributed by atoms with Crippen LogP contribution in [0.4, 0.5) is 5.13 Å². The monoisotopic (exact) mass is 531 g/mol. The molecule has 0 aliphatic carbocycles. The summed E-state index contributed by atoms with van der Waals surface area (Å²) in [4.78, 5) is 17.7. The molecule has 0 radical (unpaired) electrons. The molecule has 0 aliphatic heterocycles. The largest absolute Gasteiger partial charge is 0.488 e. The van der Waals surface area contributed by atoms with Gasteiger partial charge >= 0.3 is 0 Å². The molecule has 194 valence electrons. The molecule has 0 bridgehead atoms. The Morgan fingerprint density at radius 2 is 1.72 bits per heavy atom. The fourth-order valence-electron chi connectivity index (χ4n) is 3.51. The summed E-state index contributed by atoms with van der Waals surface area (Å²) >= 11 is 1.28. The van der Waals surface area contributed by atoms with Crippen molar-refractivity contribution in [2.24, 2.45) is 5.92 Å². The molecule has 0 fully saturated rings. The zero-order valence-electron chi connectivity index (χ0n) is 21.1.